The summed E-state index contributed by atoms with van der Waals surface area (Å²) in [4.78, 5) is 10.9. The first kappa shape index (κ1) is 29.6. The van der Waals surface area contributed by atoms with Crippen LogP contribution in [-0.4, -0.2) is 9.97 Å². The van der Waals surface area contributed by atoms with Crippen LogP contribution in [-0.2, 0) is 5.41 Å². The fourth-order valence-electron chi connectivity index (χ4n) is 8.82. The van der Waals surface area contributed by atoms with Crippen LogP contribution in [0.2, 0.25) is 0 Å². The lowest BCUT2D eigenvalue weighted by Crippen LogP contribution is -2.14. The first-order chi connectivity index (χ1) is 25.5. The van der Waals surface area contributed by atoms with Crippen molar-refractivity contribution >= 4 is 63.8 Å². The van der Waals surface area contributed by atoms with Gasteiger partial charge in [-0.25, -0.2) is 9.97 Å². The molecule has 0 amide bonds. The van der Waals surface area contributed by atoms with Gasteiger partial charge in [0.05, 0.1) is 11.4 Å². The summed E-state index contributed by atoms with van der Waals surface area (Å²) in [6, 6.07) is 57.4. The molecule has 0 saturated carbocycles. The highest BCUT2D eigenvalue weighted by molar-refractivity contribution is 7.26. The highest BCUT2D eigenvalue weighted by Crippen LogP contribution is 2.52. The molecule has 2 heterocycles. The molecule has 1 aliphatic carbocycles. The largest absolute Gasteiger partial charge is 0.228 e. The number of nitrogens with zero attached hydrogens (tertiary/aromatic N) is 2. The molecular weight excluding hydrogens is 649 g/mol. The van der Waals surface area contributed by atoms with Crippen LogP contribution in [0.1, 0.15) is 25.0 Å². The van der Waals surface area contributed by atoms with Gasteiger partial charge >= 0.3 is 0 Å². The molecule has 3 heteroatoms. The monoisotopic (exact) mass is 680 g/mol. The van der Waals surface area contributed by atoms with Gasteiger partial charge in [-0.2, -0.15) is 0 Å². The van der Waals surface area contributed by atoms with E-state index in [0.29, 0.717) is 0 Å². The van der Waals surface area contributed by atoms with Gasteiger partial charge in [-0.05, 0) is 72.8 Å². The summed E-state index contributed by atoms with van der Waals surface area (Å²) in [7, 11) is 0. The van der Waals surface area contributed by atoms with E-state index in [1.165, 1.54) is 74.7 Å². The van der Waals surface area contributed by atoms with Crippen molar-refractivity contribution in [3.8, 4) is 45.0 Å². The van der Waals surface area contributed by atoms with Crippen LogP contribution in [0, 0.1) is 0 Å². The minimum absolute atomic E-state index is 0.106. The lowest BCUT2D eigenvalue weighted by Gasteiger charge is -2.21. The Hall–Kier alpha value is -6.16. The molecule has 244 valence electrons. The molecule has 11 rings (SSSR count). The topological polar surface area (TPSA) is 25.8 Å². The molecule has 0 bridgehead atoms. The van der Waals surface area contributed by atoms with E-state index < -0.39 is 0 Å². The molecule has 0 atom stereocenters. The maximum Gasteiger partial charge on any atom is 0.160 e. The molecule has 0 radical (unpaired) electrons. The molecule has 8 aromatic carbocycles. The summed E-state index contributed by atoms with van der Waals surface area (Å²) in [6.07, 6.45) is 0. The van der Waals surface area contributed by atoms with E-state index in [1.54, 1.807) is 0 Å². The lowest BCUT2D eigenvalue weighted by molar-refractivity contribution is 0.660. The molecule has 0 unspecified atom stereocenters. The molecule has 2 nitrogen and oxygen atoms in total. The summed E-state index contributed by atoms with van der Waals surface area (Å²) in [5.74, 6) is 0.730. The summed E-state index contributed by atoms with van der Waals surface area (Å²) in [6.45, 7) is 4.67. The van der Waals surface area contributed by atoms with Gasteiger partial charge in [-0.3, -0.25) is 0 Å². The lowest BCUT2D eigenvalue weighted by atomic mass is 9.82. The maximum absolute atomic E-state index is 5.46. The molecule has 0 spiro atoms. The summed E-state index contributed by atoms with van der Waals surface area (Å²) in [5, 5.41) is 10.0. The molecule has 0 aliphatic heterocycles. The van der Waals surface area contributed by atoms with Gasteiger partial charge in [0.25, 0.3) is 0 Å². The van der Waals surface area contributed by atoms with Crippen molar-refractivity contribution in [3.63, 3.8) is 0 Å². The fraction of sp³-hybridized carbons (Fsp3) is 0.0612. The average molecular weight is 681 g/mol. The predicted octanol–water partition coefficient (Wildman–Crippen LogP) is 13.6. The van der Waals surface area contributed by atoms with E-state index >= 15 is 0 Å². The predicted molar refractivity (Wildman–Crippen MR) is 221 cm³/mol. The number of thiophene rings is 1. The summed E-state index contributed by atoms with van der Waals surface area (Å²) in [5.41, 5.74) is 10.3. The molecule has 0 saturated heterocycles. The van der Waals surface area contributed by atoms with Crippen molar-refractivity contribution in [2.24, 2.45) is 0 Å². The van der Waals surface area contributed by atoms with E-state index in [-0.39, 0.29) is 5.41 Å². The van der Waals surface area contributed by atoms with Gasteiger partial charge < -0.3 is 0 Å². The average Bonchev–Trinajstić information content (AvgIpc) is 3.70. The van der Waals surface area contributed by atoms with Crippen molar-refractivity contribution in [2.75, 3.05) is 0 Å². The third kappa shape index (κ3) is 4.17. The van der Waals surface area contributed by atoms with Crippen LogP contribution in [0.4, 0.5) is 0 Å². The molecular formula is C49H32N2S. The van der Waals surface area contributed by atoms with Crippen LogP contribution < -0.4 is 0 Å². The van der Waals surface area contributed by atoms with Gasteiger partial charge in [0, 0.05) is 42.3 Å². The van der Waals surface area contributed by atoms with Gasteiger partial charge in [0.1, 0.15) is 0 Å². The molecule has 2 aromatic heterocycles. The Labute approximate surface area is 305 Å². The number of fused-ring (bicyclic) bond motifs is 12. The number of aromatic nitrogens is 2. The van der Waals surface area contributed by atoms with E-state index in [2.05, 4.69) is 172 Å². The smallest absolute Gasteiger partial charge is 0.160 e. The van der Waals surface area contributed by atoms with Crippen LogP contribution in [0.25, 0.3) is 97.5 Å². The normalized spacial score (nSPS) is 13.3. The van der Waals surface area contributed by atoms with Gasteiger partial charge in [0.2, 0.25) is 0 Å². The van der Waals surface area contributed by atoms with Crippen molar-refractivity contribution in [3.05, 3.63) is 169 Å². The van der Waals surface area contributed by atoms with E-state index in [1.807, 2.05) is 11.3 Å². The quantitative estimate of drug-likeness (QED) is 0.174. The van der Waals surface area contributed by atoms with Gasteiger partial charge in [-0.15, -0.1) is 11.3 Å². The zero-order valence-electron chi connectivity index (χ0n) is 28.8. The molecule has 0 N–H and O–H groups in total. The molecule has 0 fully saturated rings. The fourth-order valence-corrected chi connectivity index (χ4v) is 10.0. The summed E-state index contributed by atoms with van der Waals surface area (Å²) >= 11 is 1.84. The second-order valence-electron chi connectivity index (χ2n) is 14.5. The first-order valence-electron chi connectivity index (χ1n) is 17.9. The SMILES string of the molecule is CC1(C)c2ccccc2-c2c(-c3cc(-c4cccc5c4sc4ccccc45)nc(-c4ccc5c6ccccc6c6ccccc6c5c4)n3)cccc21. The minimum atomic E-state index is -0.106. The highest BCUT2D eigenvalue weighted by atomic mass is 32.1. The molecule has 1 aliphatic rings. The number of hydrogen-bond donors (Lipinski definition) is 0. The number of hydrogen-bond acceptors (Lipinski definition) is 3. The second-order valence-corrected chi connectivity index (χ2v) is 15.5. The second kappa shape index (κ2) is 10.9. The third-order valence-electron chi connectivity index (χ3n) is 11.3. The minimum Gasteiger partial charge on any atom is -0.228 e. The Bertz CT molecular complexity index is 3080. The van der Waals surface area contributed by atoms with Crippen LogP contribution in [0.3, 0.4) is 0 Å². The first-order valence-corrected chi connectivity index (χ1v) is 18.7. The Morgan fingerprint density at radius 1 is 0.423 bits per heavy atom. The van der Waals surface area contributed by atoms with Gasteiger partial charge in [0.15, 0.2) is 5.82 Å². The van der Waals surface area contributed by atoms with Crippen LogP contribution in [0.15, 0.2) is 158 Å². The number of benzene rings is 8. The highest BCUT2D eigenvalue weighted by Gasteiger charge is 2.36. The standard InChI is InChI=1S/C49H32N2S/c1-49(2)41-22-9-7-18-37(41)46-38(20-12-23-42(46)49)43-28-44(39-21-11-19-36-35-17-8-10-24-45(35)52-47(36)39)51-48(50-43)29-25-26-34-32-15-4-3-13-30(32)31-14-5-6-16-33(31)40(34)27-29/h3-28H,1-2H3. The maximum atomic E-state index is 5.46. The van der Waals surface area contributed by atoms with Crippen molar-refractivity contribution < 1.29 is 0 Å². The van der Waals surface area contributed by atoms with Crippen molar-refractivity contribution in [1.29, 1.82) is 0 Å². The molecule has 10 aromatic rings. The Balaban J connectivity index is 1.21. The van der Waals surface area contributed by atoms with Crippen molar-refractivity contribution in [2.45, 2.75) is 19.3 Å². The van der Waals surface area contributed by atoms with Crippen LogP contribution in [0.5, 0.6) is 0 Å². The zero-order valence-corrected chi connectivity index (χ0v) is 29.6. The van der Waals surface area contributed by atoms with E-state index in [4.69, 9.17) is 9.97 Å². The Morgan fingerprint density at radius 3 is 1.73 bits per heavy atom. The van der Waals surface area contributed by atoms with Crippen LogP contribution >= 0.6 is 11.3 Å². The van der Waals surface area contributed by atoms with Crippen molar-refractivity contribution in [1.82, 2.24) is 9.97 Å². The van der Waals surface area contributed by atoms with E-state index in [0.717, 1.165) is 33.9 Å². The summed E-state index contributed by atoms with van der Waals surface area (Å²) < 4.78 is 2.54. The third-order valence-corrected chi connectivity index (χ3v) is 12.5. The Morgan fingerprint density at radius 2 is 0.962 bits per heavy atom. The zero-order chi connectivity index (χ0) is 34.6. The Kier molecular flexibility index (Phi) is 6.21. The number of rotatable bonds is 3. The molecule has 52 heavy (non-hydrogen) atoms. The van der Waals surface area contributed by atoms with Gasteiger partial charge in [-0.1, -0.05) is 153 Å². The van der Waals surface area contributed by atoms with E-state index in [9.17, 15) is 0 Å².